The summed E-state index contributed by atoms with van der Waals surface area (Å²) in [6.45, 7) is 0.180. The van der Waals surface area contributed by atoms with E-state index in [1.807, 2.05) is 0 Å². The molecule has 6 nitrogen and oxygen atoms in total. The number of benzene rings is 3. The minimum Gasteiger partial charge on any atom is -0.493 e. The zero-order chi connectivity index (χ0) is 23.5. The van der Waals surface area contributed by atoms with Gasteiger partial charge in [-0.05, 0) is 48.0 Å². The molecular weight excluding hydrogens is 467 g/mol. The molecule has 0 saturated heterocycles. The van der Waals surface area contributed by atoms with Crippen LogP contribution in [0.15, 0.2) is 54.3 Å². The van der Waals surface area contributed by atoms with E-state index in [4.69, 9.17) is 46.9 Å². The fraction of sp³-hybridized carbons (Fsp3) is 0.160. The molecule has 0 spiro atoms. The van der Waals surface area contributed by atoms with Gasteiger partial charge in [0, 0.05) is 21.7 Å². The quantitative estimate of drug-likeness (QED) is 0.369. The third-order valence-corrected chi connectivity index (χ3v) is 5.78. The summed E-state index contributed by atoms with van der Waals surface area (Å²) in [6.07, 6.45) is 1.62. The van der Waals surface area contributed by atoms with Gasteiger partial charge in [-0.15, -0.1) is 0 Å². The number of rotatable bonds is 7. The minimum atomic E-state index is -0.237. The van der Waals surface area contributed by atoms with Crippen LogP contribution in [0.25, 0.3) is 6.08 Å². The Morgan fingerprint density at radius 3 is 2.18 bits per heavy atom. The van der Waals surface area contributed by atoms with E-state index in [1.165, 1.54) is 21.3 Å². The highest BCUT2D eigenvalue weighted by molar-refractivity contribution is 6.35. The molecule has 0 amide bonds. The van der Waals surface area contributed by atoms with E-state index in [2.05, 4.69) is 0 Å². The second kappa shape index (κ2) is 9.65. The molecule has 33 heavy (non-hydrogen) atoms. The van der Waals surface area contributed by atoms with E-state index < -0.39 is 0 Å². The number of Topliss-reactive ketones (excluding diaryl/α,β-unsaturated/α-hetero) is 1. The van der Waals surface area contributed by atoms with Crippen molar-refractivity contribution in [2.75, 3.05) is 21.3 Å². The number of fused-ring (bicyclic) bond motifs is 1. The van der Waals surface area contributed by atoms with Crippen molar-refractivity contribution < 1.29 is 28.5 Å². The number of carbonyl (C=O) groups excluding carboxylic acids is 1. The monoisotopic (exact) mass is 486 g/mol. The number of ether oxygens (including phenoxy) is 5. The Bertz CT molecular complexity index is 1210. The highest BCUT2D eigenvalue weighted by atomic mass is 35.5. The zero-order valence-corrected chi connectivity index (χ0v) is 19.6. The lowest BCUT2D eigenvalue weighted by molar-refractivity contribution is 0.101. The first kappa shape index (κ1) is 22.8. The maximum absolute atomic E-state index is 12.9. The van der Waals surface area contributed by atoms with Crippen LogP contribution in [0.1, 0.15) is 21.5 Å². The number of carbonyl (C=O) groups is 1. The molecule has 1 aliphatic heterocycles. The molecular formula is C25H20Cl2O6. The molecule has 0 unspecified atom stereocenters. The van der Waals surface area contributed by atoms with Gasteiger partial charge in [0.05, 0.1) is 26.9 Å². The lowest BCUT2D eigenvalue weighted by atomic mass is 10.1. The fourth-order valence-corrected chi connectivity index (χ4v) is 3.93. The Balaban J connectivity index is 1.57. The topological polar surface area (TPSA) is 63.2 Å². The van der Waals surface area contributed by atoms with Crippen molar-refractivity contribution in [1.82, 2.24) is 0 Å². The smallest absolute Gasteiger partial charge is 0.231 e. The Hall–Kier alpha value is -3.35. The average Bonchev–Trinajstić information content (AvgIpc) is 3.12. The molecule has 0 saturated carbocycles. The highest BCUT2D eigenvalue weighted by Gasteiger charge is 2.28. The molecule has 8 heteroatoms. The molecule has 1 aliphatic rings. The van der Waals surface area contributed by atoms with Gasteiger partial charge in [-0.1, -0.05) is 29.3 Å². The van der Waals surface area contributed by atoms with Crippen LogP contribution in [-0.2, 0) is 6.61 Å². The van der Waals surface area contributed by atoms with Gasteiger partial charge in [0.1, 0.15) is 18.1 Å². The predicted octanol–water partition coefficient (Wildman–Crippen LogP) is 6.21. The zero-order valence-electron chi connectivity index (χ0n) is 18.1. The molecule has 0 N–H and O–H groups in total. The summed E-state index contributed by atoms with van der Waals surface area (Å²) in [6, 6.07) is 13.8. The Kier molecular flexibility index (Phi) is 6.67. The summed E-state index contributed by atoms with van der Waals surface area (Å²) in [5.41, 5.74) is 1.78. The van der Waals surface area contributed by atoms with Crippen LogP contribution in [0.3, 0.4) is 0 Å². The van der Waals surface area contributed by atoms with E-state index in [1.54, 1.807) is 54.6 Å². The van der Waals surface area contributed by atoms with E-state index in [9.17, 15) is 4.79 Å². The van der Waals surface area contributed by atoms with Crippen LogP contribution >= 0.6 is 23.2 Å². The van der Waals surface area contributed by atoms with Gasteiger partial charge in [-0.2, -0.15) is 0 Å². The Morgan fingerprint density at radius 2 is 1.58 bits per heavy atom. The van der Waals surface area contributed by atoms with Crippen LogP contribution in [0.4, 0.5) is 0 Å². The van der Waals surface area contributed by atoms with Gasteiger partial charge in [-0.25, -0.2) is 0 Å². The molecule has 0 atom stereocenters. The molecule has 0 radical (unpaired) electrons. The van der Waals surface area contributed by atoms with Gasteiger partial charge in [-0.3, -0.25) is 4.79 Å². The summed E-state index contributed by atoms with van der Waals surface area (Å²) < 4.78 is 27.7. The molecule has 3 aromatic rings. The summed E-state index contributed by atoms with van der Waals surface area (Å²) in [4.78, 5) is 12.9. The number of halogens is 2. The van der Waals surface area contributed by atoms with Crippen LogP contribution in [0.2, 0.25) is 10.0 Å². The first-order valence-corrected chi connectivity index (χ1v) is 10.6. The number of methoxy groups -OCH3 is 3. The first-order valence-electron chi connectivity index (χ1n) is 9.89. The summed E-state index contributed by atoms with van der Waals surface area (Å²) in [7, 11) is 4.58. The molecule has 4 rings (SSSR count). The van der Waals surface area contributed by atoms with Crippen LogP contribution in [0, 0.1) is 0 Å². The van der Waals surface area contributed by atoms with Gasteiger partial charge in [0.15, 0.2) is 17.3 Å². The van der Waals surface area contributed by atoms with Crippen molar-refractivity contribution in [2.45, 2.75) is 6.61 Å². The van der Waals surface area contributed by atoms with Crippen LogP contribution in [0.5, 0.6) is 28.7 Å². The standard InChI is InChI=1S/C25H20Cl2O6/c1-29-22-10-14(11-23(30-2)25(22)31-3)9-21-24(28)16-8-7-15(12-20(16)33-21)32-13-17-18(26)5-4-6-19(17)27/h4-12H,13H2,1-3H3. The van der Waals surface area contributed by atoms with Crippen molar-refractivity contribution >= 4 is 35.1 Å². The molecule has 3 aromatic carbocycles. The second-order valence-electron chi connectivity index (χ2n) is 7.05. The average molecular weight is 487 g/mol. The molecule has 0 fully saturated rings. The lowest BCUT2D eigenvalue weighted by Crippen LogP contribution is -1.99. The second-order valence-corrected chi connectivity index (χ2v) is 7.86. The van der Waals surface area contributed by atoms with Gasteiger partial charge >= 0.3 is 0 Å². The van der Waals surface area contributed by atoms with Gasteiger partial charge in [0.25, 0.3) is 0 Å². The number of hydrogen-bond donors (Lipinski definition) is 0. The number of hydrogen-bond acceptors (Lipinski definition) is 6. The summed E-state index contributed by atoms with van der Waals surface area (Å²) in [5.74, 6) is 2.27. The number of ketones is 1. The van der Waals surface area contributed by atoms with Gasteiger partial charge in [0.2, 0.25) is 11.5 Å². The summed E-state index contributed by atoms with van der Waals surface area (Å²) >= 11 is 12.4. The Morgan fingerprint density at radius 1 is 0.909 bits per heavy atom. The normalized spacial score (nSPS) is 13.5. The largest absolute Gasteiger partial charge is 0.493 e. The third kappa shape index (κ3) is 4.58. The van der Waals surface area contributed by atoms with Gasteiger partial charge < -0.3 is 23.7 Å². The van der Waals surface area contributed by atoms with Crippen molar-refractivity contribution in [3.8, 4) is 28.7 Å². The van der Waals surface area contributed by atoms with Crippen molar-refractivity contribution in [2.24, 2.45) is 0 Å². The number of allylic oxidation sites excluding steroid dienone is 1. The minimum absolute atomic E-state index is 0.172. The maximum atomic E-state index is 12.9. The van der Waals surface area contributed by atoms with Crippen molar-refractivity contribution in [3.63, 3.8) is 0 Å². The third-order valence-electron chi connectivity index (χ3n) is 5.07. The van der Waals surface area contributed by atoms with E-state index >= 15 is 0 Å². The first-order chi connectivity index (χ1) is 15.9. The maximum Gasteiger partial charge on any atom is 0.231 e. The van der Waals surface area contributed by atoms with Crippen molar-refractivity contribution in [3.05, 3.63) is 81.0 Å². The predicted molar refractivity (Wildman–Crippen MR) is 126 cm³/mol. The molecule has 170 valence electrons. The van der Waals surface area contributed by atoms with Crippen LogP contribution in [-0.4, -0.2) is 27.1 Å². The molecule has 1 heterocycles. The Labute approximate surface area is 201 Å². The molecule has 0 bridgehead atoms. The summed E-state index contributed by atoms with van der Waals surface area (Å²) in [5, 5.41) is 1.04. The fourth-order valence-electron chi connectivity index (χ4n) is 3.42. The lowest BCUT2D eigenvalue weighted by Gasteiger charge is -2.13. The molecule has 0 aromatic heterocycles. The van der Waals surface area contributed by atoms with E-state index in [-0.39, 0.29) is 18.1 Å². The van der Waals surface area contributed by atoms with E-state index in [0.29, 0.717) is 55.5 Å². The highest BCUT2D eigenvalue weighted by Crippen LogP contribution is 2.40. The van der Waals surface area contributed by atoms with E-state index in [0.717, 1.165) is 0 Å². The van der Waals surface area contributed by atoms with Crippen molar-refractivity contribution in [1.29, 1.82) is 0 Å². The SMILES string of the molecule is COc1cc(C=C2Oc3cc(OCc4c(Cl)cccc4Cl)ccc3C2=O)cc(OC)c1OC. The molecule has 0 aliphatic carbocycles. The van der Waals surface area contributed by atoms with Crippen LogP contribution < -0.4 is 23.7 Å².